The number of nitrogens with zero attached hydrogens (tertiary/aromatic N) is 1. The molecule has 0 bridgehead atoms. The van der Waals surface area contributed by atoms with E-state index in [4.69, 9.17) is 4.74 Å². The Morgan fingerprint density at radius 1 is 1.20 bits per heavy atom. The van der Waals surface area contributed by atoms with Crippen LogP contribution in [-0.4, -0.2) is 10.9 Å². The quantitative estimate of drug-likeness (QED) is 0.370. The zero-order valence-electron chi connectivity index (χ0n) is 10.9. The van der Waals surface area contributed by atoms with E-state index in [9.17, 15) is 14.9 Å². The lowest BCUT2D eigenvalue weighted by Gasteiger charge is -2.05. The van der Waals surface area contributed by atoms with Crippen LogP contribution in [0.3, 0.4) is 0 Å². The van der Waals surface area contributed by atoms with Crippen LogP contribution in [0.15, 0.2) is 48.5 Å². The van der Waals surface area contributed by atoms with Gasteiger partial charge in [-0.2, -0.15) is 0 Å². The minimum atomic E-state index is -0.613. The molecule has 2 rings (SSSR count). The fourth-order valence-corrected chi connectivity index (χ4v) is 1.71. The Bertz CT molecular complexity index is 635. The second kappa shape index (κ2) is 5.97. The van der Waals surface area contributed by atoms with Crippen molar-refractivity contribution >= 4 is 11.7 Å². The first-order valence-corrected chi connectivity index (χ1v) is 6.15. The molecule has 0 aliphatic rings. The summed E-state index contributed by atoms with van der Waals surface area (Å²) in [6.07, 6.45) is 0.902. The van der Waals surface area contributed by atoms with Gasteiger partial charge in [0.05, 0.1) is 10.5 Å². The van der Waals surface area contributed by atoms with E-state index in [-0.39, 0.29) is 11.3 Å². The fourth-order valence-electron chi connectivity index (χ4n) is 1.71. The number of benzene rings is 2. The lowest BCUT2D eigenvalue weighted by atomic mass is 10.2. The summed E-state index contributed by atoms with van der Waals surface area (Å²) in [5, 5.41) is 10.7. The molecule has 5 nitrogen and oxygen atoms in total. The summed E-state index contributed by atoms with van der Waals surface area (Å²) in [7, 11) is 0. The first-order valence-electron chi connectivity index (χ1n) is 6.15. The van der Waals surface area contributed by atoms with E-state index in [0.29, 0.717) is 5.75 Å². The third kappa shape index (κ3) is 3.20. The number of rotatable bonds is 4. The first-order chi connectivity index (χ1) is 9.60. The molecule has 2 aromatic carbocycles. The van der Waals surface area contributed by atoms with Gasteiger partial charge in [0.25, 0.3) is 5.69 Å². The van der Waals surface area contributed by atoms with Gasteiger partial charge in [-0.25, -0.2) is 4.79 Å². The highest BCUT2D eigenvalue weighted by molar-refractivity contribution is 5.91. The molecule has 0 unspecified atom stereocenters. The SMILES string of the molecule is CCc1ccc(OC(=O)c2cccc([N+](=O)[O-])c2)cc1. The van der Waals surface area contributed by atoms with Crippen molar-refractivity contribution in [1.29, 1.82) is 0 Å². The van der Waals surface area contributed by atoms with Gasteiger partial charge in [0.2, 0.25) is 0 Å². The Kier molecular flexibility index (Phi) is 4.10. The van der Waals surface area contributed by atoms with Gasteiger partial charge in [0, 0.05) is 12.1 Å². The van der Waals surface area contributed by atoms with E-state index in [1.54, 1.807) is 12.1 Å². The van der Waals surface area contributed by atoms with Crippen LogP contribution in [0.1, 0.15) is 22.8 Å². The maximum Gasteiger partial charge on any atom is 0.343 e. The number of nitro groups is 1. The van der Waals surface area contributed by atoms with Crippen molar-refractivity contribution in [3.8, 4) is 5.75 Å². The minimum absolute atomic E-state index is 0.138. The second-order valence-corrected chi connectivity index (χ2v) is 4.19. The summed E-state index contributed by atoms with van der Waals surface area (Å²) < 4.78 is 5.17. The van der Waals surface area contributed by atoms with Crippen LogP contribution >= 0.6 is 0 Å². The van der Waals surface area contributed by atoms with Crippen LogP contribution in [0.25, 0.3) is 0 Å². The Morgan fingerprint density at radius 3 is 2.50 bits per heavy atom. The summed E-state index contributed by atoms with van der Waals surface area (Å²) >= 11 is 0. The Morgan fingerprint density at radius 2 is 1.90 bits per heavy atom. The van der Waals surface area contributed by atoms with Gasteiger partial charge in [0.15, 0.2) is 0 Å². The van der Waals surface area contributed by atoms with Gasteiger partial charge < -0.3 is 4.74 Å². The number of ether oxygens (including phenoxy) is 1. The first kappa shape index (κ1) is 13.7. The average molecular weight is 271 g/mol. The summed E-state index contributed by atoms with van der Waals surface area (Å²) in [5.41, 5.74) is 1.15. The van der Waals surface area contributed by atoms with Crippen LogP contribution in [0, 0.1) is 10.1 Å². The van der Waals surface area contributed by atoms with E-state index in [0.717, 1.165) is 12.0 Å². The Balaban J connectivity index is 2.14. The standard InChI is InChI=1S/C15H13NO4/c1-2-11-6-8-14(9-7-11)20-15(17)12-4-3-5-13(10-12)16(18)19/h3-10H,2H2,1H3. The Hall–Kier alpha value is -2.69. The smallest absolute Gasteiger partial charge is 0.343 e. The van der Waals surface area contributed by atoms with E-state index < -0.39 is 10.9 Å². The van der Waals surface area contributed by atoms with Crippen molar-refractivity contribution in [2.45, 2.75) is 13.3 Å². The van der Waals surface area contributed by atoms with Crippen molar-refractivity contribution < 1.29 is 14.5 Å². The number of carbonyl (C=O) groups excluding carboxylic acids is 1. The van der Waals surface area contributed by atoms with Crippen LogP contribution in [-0.2, 0) is 6.42 Å². The molecule has 0 amide bonds. The molecule has 102 valence electrons. The molecule has 2 aromatic rings. The zero-order valence-corrected chi connectivity index (χ0v) is 10.9. The molecule has 20 heavy (non-hydrogen) atoms. The second-order valence-electron chi connectivity index (χ2n) is 4.19. The van der Waals surface area contributed by atoms with Crippen molar-refractivity contribution in [2.75, 3.05) is 0 Å². The minimum Gasteiger partial charge on any atom is -0.423 e. The molecule has 5 heteroatoms. The van der Waals surface area contributed by atoms with E-state index in [1.807, 2.05) is 19.1 Å². The molecule has 0 aromatic heterocycles. The van der Waals surface area contributed by atoms with Crippen molar-refractivity contribution in [3.63, 3.8) is 0 Å². The van der Waals surface area contributed by atoms with E-state index in [2.05, 4.69) is 0 Å². The van der Waals surface area contributed by atoms with Gasteiger partial charge in [-0.15, -0.1) is 0 Å². The molecular weight excluding hydrogens is 258 g/mol. The molecule has 0 aliphatic carbocycles. The number of esters is 1. The fraction of sp³-hybridized carbons (Fsp3) is 0.133. The van der Waals surface area contributed by atoms with E-state index in [1.165, 1.54) is 24.3 Å². The summed E-state index contributed by atoms with van der Waals surface area (Å²) in [6, 6.07) is 12.6. The molecule has 0 aliphatic heterocycles. The van der Waals surface area contributed by atoms with Gasteiger partial charge >= 0.3 is 5.97 Å². The molecule has 0 fully saturated rings. The lowest BCUT2D eigenvalue weighted by molar-refractivity contribution is -0.384. The average Bonchev–Trinajstić information content (AvgIpc) is 2.48. The predicted octanol–water partition coefficient (Wildman–Crippen LogP) is 3.38. The molecule has 0 atom stereocenters. The predicted molar refractivity (Wildman–Crippen MR) is 73.9 cm³/mol. The highest BCUT2D eigenvalue weighted by Gasteiger charge is 2.13. The monoisotopic (exact) mass is 271 g/mol. The summed E-state index contributed by atoms with van der Waals surface area (Å²) in [6.45, 7) is 2.03. The molecule has 0 radical (unpaired) electrons. The van der Waals surface area contributed by atoms with Gasteiger partial charge in [-0.1, -0.05) is 25.1 Å². The normalized spacial score (nSPS) is 10.1. The van der Waals surface area contributed by atoms with Crippen molar-refractivity contribution in [3.05, 3.63) is 69.8 Å². The third-order valence-corrected chi connectivity index (χ3v) is 2.83. The number of hydrogen-bond acceptors (Lipinski definition) is 4. The largest absolute Gasteiger partial charge is 0.423 e. The highest BCUT2D eigenvalue weighted by Crippen LogP contribution is 2.17. The van der Waals surface area contributed by atoms with E-state index >= 15 is 0 Å². The van der Waals surface area contributed by atoms with Gasteiger partial charge in [0.1, 0.15) is 5.75 Å². The van der Waals surface area contributed by atoms with Crippen molar-refractivity contribution in [1.82, 2.24) is 0 Å². The maximum atomic E-state index is 11.9. The van der Waals surface area contributed by atoms with Crippen LogP contribution < -0.4 is 4.74 Å². The topological polar surface area (TPSA) is 69.4 Å². The number of aryl methyl sites for hydroxylation is 1. The van der Waals surface area contributed by atoms with Gasteiger partial charge in [-0.3, -0.25) is 10.1 Å². The molecular formula is C15H13NO4. The summed E-state index contributed by atoms with van der Waals surface area (Å²) in [4.78, 5) is 22.0. The summed E-state index contributed by atoms with van der Waals surface area (Å²) in [5.74, 6) is -0.198. The van der Waals surface area contributed by atoms with Crippen molar-refractivity contribution in [2.24, 2.45) is 0 Å². The third-order valence-electron chi connectivity index (χ3n) is 2.83. The van der Waals surface area contributed by atoms with Crippen LogP contribution in [0.4, 0.5) is 5.69 Å². The van der Waals surface area contributed by atoms with Gasteiger partial charge in [-0.05, 0) is 30.2 Å². The number of non-ortho nitro benzene ring substituents is 1. The maximum absolute atomic E-state index is 11.9. The van der Waals surface area contributed by atoms with Crippen LogP contribution in [0.5, 0.6) is 5.75 Å². The van der Waals surface area contributed by atoms with Crippen LogP contribution in [0.2, 0.25) is 0 Å². The molecule has 0 heterocycles. The lowest BCUT2D eigenvalue weighted by Crippen LogP contribution is -2.08. The molecule has 0 N–H and O–H groups in total. The number of nitro benzene ring substituents is 1. The zero-order chi connectivity index (χ0) is 14.5. The molecule has 0 spiro atoms. The number of carbonyl (C=O) groups is 1. The Labute approximate surface area is 116 Å². The number of hydrogen-bond donors (Lipinski definition) is 0. The molecule has 0 saturated heterocycles. The highest BCUT2D eigenvalue weighted by atomic mass is 16.6. The molecule has 0 saturated carbocycles.